The molecule has 0 spiro atoms. The lowest BCUT2D eigenvalue weighted by molar-refractivity contribution is 0.952. The lowest BCUT2D eigenvalue weighted by Crippen LogP contribution is -2.07. The molecule has 0 radical (unpaired) electrons. The quantitative estimate of drug-likeness (QED) is 0.593. The molecule has 1 aromatic rings. The molecule has 1 heterocycles. The van der Waals surface area contributed by atoms with Gasteiger partial charge in [0, 0.05) is 12.6 Å². The van der Waals surface area contributed by atoms with E-state index in [4.69, 9.17) is 18.0 Å². The van der Waals surface area contributed by atoms with Crippen LogP contribution >= 0.6 is 11.6 Å². The number of anilines is 2. The summed E-state index contributed by atoms with van der Waals surface area (Å²) >= 11 is 5.83. The number of aromatic nitrogens is 2. The third-order valence-electron chi connectivity index (χ3n) is 1.60. The first-order chi connectivity index (χ1) is 7.26. The van der Waals surface area contributed by atoms with Gasteiger partial charge in [-0.25, -0.2) is 4.98 Å². The van der Waals surface area contributed by atoms with Crippen molar-refractivity contribution in [2.75, 3.05) is 23.7 Å². The number of nitrogens with zero attached hydrogens (tertiary/aromatic N) is 2. The van der Waals surface area contributed by atoms with Crippen LogP contribution in [0.4, 0.5) is 11.8 Å². The zero-order valence-electron chi connectivity index (χ0n) is 8.55. The minimum atomic E-state index is 0.392. The summed E-state index contributed by atoms with van der Waals surface area (Å²) < 4.78 is 0. The van der Waals surface area contributed by atoms with Gasteiger partial charge in [-0.05, 0) is 6.42 Å². The summed E-state index contributed by atoms with van der Waals surface area (Å²) in [5, 5.41) is 6.39. The van der Waals surface area contributed by atoms with Crippen LogP contribution in [-0.4, -0.2) is 23.1 Å². The Morgan fingerprint density at radius 3 is 2.93 bits per heavy atom. The Bertz CT molecular complexity index is 359. The summed E-state index contributed by atoms with van der Waals surface area (Å²) in [6.45, 7) is 3.30. The first-order valence-corrected chi connectivity index (χ1v) is 5.10. The first kappa shape index (κ1) is 11.6. The lowest BCUT2D eigenvalue weighted by Gasteiger charge is -2.06. The van der Waals surface area contributed by atoms with Crippen molar-refractivity contribution in [1.82, 2.24) is 9.97 Å². The van der Waals surface area contributed by atoms with E-state index in [1.165, 1.54) is 0 Å². The highest BCUT2D eigenvalue weighted by atomic mass is 35.5. The molecule has 0 aliphatic carbocycles. The predicted molar refractivity (Wildman–Crippen MR) is 63.1 cm³/mol. The van der Waals surface area contributed by atoms with E-state index in [2.05, 4.69) is 33.4 Å². The Kier molecular flexibility index (Phi) is 4.72. The smallest absolute Gasteiger partial charge is 0.226 e. The highest BCUT2D eigenvalue weighted by Crippen LogP contribution is 2.13. The molecule has 1 aromatic heterocycles. The van der Waals surface area contributed by atoms with E-state index in [1.807, 2.05) is 0 Å². The normalized spacial score (nSPS) is 9.40. The van der Waals surface area contributed by atoms with Gasteiger partial charge < -0.3 is 10.6 Å². The van der Waals surface area contributed by atoms with Crippen LogP contribution in [-0.2, 0) is 0 Å². The summed E-state index contributed by atoms with van der Waals surface area (Å²) in [4.78, 5) is 8.23. The fraction of sp³-hybridized carbons (Fsp3) is 0.400. The van der Waals surface area contributed by atoms with Gasteiger partial charge in [0.1, 0.15) is 11.0 Å². The maximum Gasteiger partial charge on any atom is 0.226 e. The molecular formula is C10H13ClN4. The van der Waals surface area contributed by atoms with E-state index < -0.39 is 0 Å². The van der Waals surface area contributed by atoms with Gasteiger partial charge in [0.05, 0.1) is 6.54 Å². The predicted octanol–water partition coefficient (Wildman–Crippen LogP) is 2.00. The molecule has 80 valence electrons. The van der Waals surface area contributed by atoms with Crippen molar-refractivity contribution in [3.05, 3.63) is 11.2 Å². The number of rotatable bonds is 5. The van der Waals surface area contributed by atoms with Crippen LogP contribution in [0.1, 0.15) is 13.3 Å². The van der Waals surface area contributed by atoms with Crippen LogP contribution in [0.25, 0.3) is 0 Å². The second kappa shape index (κ2) is 6.10. The molecule has 1 rings (SSSR count). The van der Waals surface area contributed by atoms with E-state index >= 15 is 0 Å². The zero-order chi connectivity index (χ0) is 11.1. The summed E-state index contributed by atoms with van der Waals surface area (Å²) in [5.74, 6) is 3.61. The third kappa shape index (κ3) is 4.05. The van der Waals surface area contributed by atoms with Crippen molar-refractivity contribution in [1.29, 1.82) is 0 Å². The van der Waals surface area contributed by atoms with Crippen molar-refractivity contribution >= 4 is 23.4 Å². The highest BCUT2D eigenvalue weighted by molar-refractivity contribution is 6.29. The zero-order valence-corrected chi connectivity index (χ0v) is 9.30. The number of halogens is 1. The SMILES string of the molecule is C#CCNc1cc(Cl)nc(NCCC)n1. The van der Waals surface area contributed by atoms with E-state index in [9.17, 15) is 0 Å². The summed E-state index contributed by atoms with van der Waals surface area (Å²) in [6, 6.07) is 1.63. The maximum atomic E-state index is 5.83. The van der Waals surface area contributed by atoms with Gasteiger partial charge in [-0.3, -0.25) is 0 Å². The van der Waals surface area contributed by atoms with E-state index in [0.717, 1.165) is 13.0 Å². The molecule has 0 aromatic carbocycles. The van der Waals surface area contributed by atoms with E-state index in [-0.39, 0.29) is 0 Å². The minimum Gasteiger partial charge on any atom is -0.359 e. The molecular weight excluding hydrogens is 212 g/mol. The Balaban J connectivity index is 2.71. The molecule has 0 saturated carbocycles. The molecule has 0 fully saturated rings. The van der Waals surface area contributed by atoms with Crippen LogP contribution in [0.15, 0.2) is 6.07 Å². The average Bonchev–Trinajstić information content (AvgIpc) is 2.23. The minimum absolute atomic E-state index is 0.392. The number of nitrogens with one attached hydrogen (secondary N) is 2. The van der Waals surface area contributed by atoms with Crippen molar-refractivity contribution in [2.45, 2.75) is 13.3 Å². The van der Waals surface area contributed by atoms with Gasteiger partial charge >= 0.3 is 0 Å². The molecule has 0 aliphatic heterocycles. The van der Waals surface area contributed by atoms with Crippen molar-refractivity contribution < 1.29 is 0 Å². The van der Waals surface area contributed by atoms with Crippen LogP contribution in [0, 0.1) is 12.3 Å². The fourth-order valence-electron chi connectivity index (χ4n) is 0.966. The Morgan fingerprint density at radius 1 is 1.47 bits per heavy atom. The molecule has 0 amide bonds. The lowest BCUT2D eigenvalue weighted by atomic mass is 10.5. The summed E-state index contributed by atoms with van der Waals surface area (Å²) in [6.07, 6.45) is 6.13. The first-order valence-electron chi connectivity index (χ1n) is 4.72. The van der Waals surface area contributed by atoms with Crippen LogP contribution in [0.2, 0.25) is 5.15 Å². The van der Waals surface area contributed by atoms with Crippen molar-refractivity contribution in [2.24, 2.45) is 0 Å². The van der Waals surface area contributed by atoms with E-state index in [1.54, 1.807) is 6.07 Å². The largest absolute Gasteiger partial charge is 0.359 e. The monoisotopic (exact) mass is 224 g/mol. The van der Waals surface area contributed by atoms with Crippen LogP contribution in [0.3, 0.4) is 0 Å². The molecule has 0 unspecified atom stereocenters. The van der Waals surface area contributed by atoms with Gasteiger partial charge in [-0.15, -0.1) is 6.42 Å². The Morgan fingerprint density at radius 2 is 2.27 bits per heavy atom. The van der Waals surface area contributed by atoms with Gasteiger partial charge in [-0.2, -0.15) is 4.98 Å². The highest BCUT2D eigenvalue weighted by Gasteiger charge is 2.01. The molecule has 0 atom stereocenters. The second-order valence-corrected chi connectivity index (χ2v) is 3.27. The van der Waals surface area contributed by atoms with E-state index in [0.29, 0.717) is 23.5 Å². The van der Waals surface area contributed by atoms with Crippen molar-refractivity contribution in [3.63, 3.8) is 0 Å². The summed E-state index contributed by atoms with van der Waals surface area (Å²) in [5.41, 5.74) is 0. The standard InChI is InChI=1S/C10H13ClN4/c1-3-5-12-9-7-8(11)14-10(15-9)13-6-4-2/h1,7H,4-6H2,2H3,(H2,12,13,14,15). The molecule has 0 saturated heterocycles. The Labute approximate surface area is 94.5 Å². The van der Waals surface area contributed by atoms with Gasteiger partial charge in [-0.1, -0.05) is 24.4 Å². The van der Waals surface area contributed by atoms with Crippen LogP contribution in [0.5, 0.6) is 0 Å². The Hall–Kier alpha value is -1.47. The summed E-state index contributed by atoms with van der Waals surface area (Å²) in [7, 11) is 0. The molecule has 5 heteroatoms. The van der Waals surface area contributed by atoms with Gasteiger partial charge in [0.15, 0.2) is 0 Å². The molecule has 0 aliphatic rings. The average molecular weight is 225 g/mol. The number of terminal acetylenes is 1. The van der Waals surface area contributed by atoms with Gasteiger partial charge in [0.2, 0.25) is 5.95 Å². The number of hydrogen-bond donors (Lipinski definition) is 2. The fourth-order valence-corrected chi connectivity index (χ4v) is 1.15. The maximum absolute atomic E-state index is 5.83. The van der Waals surface area contributed by atoms with Gasteiger partial charge in [0.25, 0.3) is 0 Å². The number of hydrogen-bond acceptors (Lipinski definition) is 4. The molecule has 2 N–H and O–H groups in total. The van der Waals surface area contributed by atoms with Crippen LogP contribution < -0.4 is 10.6 Å². The molecule has 0 bridgehead atoms. The molecule has 15 heavy (non-hydrogen) atoms. The second-order valence-electron chi connectivity index (χ2n) is 2.88. The topological polar surface area (TPSA) is 49.8 Å². The molecule has 4 nitrogen and oxygen atoms in total. The third-order valence-corrected chi connectivity index (χ3v) is 1.79. The van der Waals surface area contributed by atoms with Crippen molar-refractivity contribution in [3.8, 4) is 12.3 Å².